The molecule has 86 valence electrons. The molecular weight excluding hydrogens is 256 g/mol. The molecule has 0 spiro atoms. The van der Waals surface area contributed by atoms with Gasteiger partial charge in [-0.05, 0) is 36.4 Å². The molecule has 0 saturated carbocycles. The van der Waals surface area contributed by atoms with Gasteiger partial charge in [0.1, 0.15) is 11.5 Å². The molecular formula is C13H9ClO2S. The van der Waals surface area contributed by atoms with E-state index in [4.69, 9.17) is 33.3 Å². The zero-order valence-corrected chi connectivity index (χ0v) is 10.4. The monoisotopic (exact) mass is 264 g/mol. The highest BCUT2D eigenvalue weighted by molar-refractivity contribution is 7.79. The highest BCUT2D eigenvalue weighted by Gasteiger charge is 2.02. The first-order valence-electron chi connectivity index (χ1n) is 4.94. The van der Waals surface area contributed by atoms with E-state index in [0.29, 0.717) is 16.5 Å². The van der Waals surface area contributed by atoms with Gasteiger partial charge in [-0.15, -0.1) is 0 Å². The highest BCUT2D eigenvalue weighted by atomic mass is 35.5. The molecule has 0 radical (unpaired) electrons. The van der Waals surface area contributed by atoms with Crippen LogP contribution in [0.5, 0.6) is 11.5 Å². The van der Waals surface area contributed by atoms with Crippen molar-refractivity contribution in [2.75, 3.05) is 0 Å². The van der Waals surface area contributed by atoms with Crippen LogP contribution in [0.4, 0.5) is 0 Å². The van der Waals surface area contributed by atoms with Crippen LogP contribution in [0.2, 0.25) is 5.02 Å². The van der Waals surface area contributed by atoms with Crippen molar-refractivity contribution >= 4 is 29.1 Å². The molecule has 0 bridgehead atoms. The maximum absolute atomic E-state index is 5.76. The largest absolute Gasteiger partial charge is 0.417 e. The Morgan fingerprint density at radius 2 is 1.35 bits per heavy atom. The van der Waals surface area contributed by atoms with Gasteiger partial charge in [0.2, 0.25) is 0 Å². The van der Waals surface area contributed by atoms with Gasteiger partial charge in [0.15, 0.2) is 0 Å². The fourth-order valence-corrected chi connectivity index (χ4v) is 1.52. The Morgan fingerprint density at radius 1 is 0.824 bits per heavy atom. The second kappa shape index (κ2) is 5.66. The van der Waals surface area contributed by atoms with E-state index < -0.39 is 0 Å². The summed E-state index contributed by atoms with van der Waals surface area (Å²) in [4.78, 5) is 0. The number of hydrogen-bond acceptors (Lipinski definition) is 3. The van der Waals surface area contributed by atoms with Crippen LogP contribution >= 0.6 is 23.8 Å². The Bertz CT molecular complexity index is 497. The molecule has 2 aromatic carbocycles. The van der Waals surface area contributed by atoms with Crippen molar-refractivity contribution in [3.05, 3.63) is 59.6 Å². The van der Waals surface area contributed by atoms with Crippen molar-refractivity contribution in [3.8, 4) is 11.5 Å². The van der Waals surface area contributed by atoms with Crippen LogP contribution < -0.4 is 9.47 Å². The molecule has 0 aliphatic carbocycles. The lowest BCUT2D eigenvalue weighted by atomic mass is 10.3. The van der Waals surface area contributed by atoms with Gasteiger partial charge in [0.25, 0.3) is 0 Å². The molecule has 0 amide bonds. The van der Waals surface area contributed by atoms with Crippen LogP contribution in [0.25, 0.3) is 0 Å². The Morgan fingerprint density at radius 3 is 1.94 bits per heavy atom. The molecule has 2 aromatic rings. The number of benzene rings is 2. The van der Waals surface area contributed by atoms with Gasteiger partial charge in [0, 0.05) is 17.2 Å². The summed E-state index contributed by atoms with van der Waals surface area (Å²) in [6.07, 6.45) is 0. The van der Waals surface area contributed by atoms with E-state index in [2.05, 4.69) is 0 Å². The molecule has 0 aromatic heterocycles. The summed E-state index contributed by atoms with van der Waals surface area (Å²) in [7, 11) is 0. The number of halogens is 1. The molecule has 0 heterocycles. The van der Waals surface area contributed by atoms with Crippen molar-refractivity contribution < 1.29 is 9.47 Å². The van der Waals surface area contributed by atoms with Crippen LogP contribution in [0.3, 0.4) is 0 Å². The molecule has 0 fully saturated rings. The summed E-state index contributed by atoms with van der Waals surface area (Å²) < 4.78 is 10.6. The van der Waals surface area contributed by atoms with E-state index in [9.17, 15) is 0 Å². The van der Waals surface area contributed by atoms with Crippen molar-refractivity contribution in [1.29, 1.82) is 0 Å². The molecule has 0 N–H and O–H groups in total. The van der Waals surface area contributed by atoms with Crippen molar-refractivity contribution in [1.82, 2.24) is 0 Å². The lowest BCUT2D eigenvalue weighted by molar-refractivity contribution is 0.403. The van der Waals surface area contributed by atoms with E-state index >= 15 is 0 Å². The standard InChI is InChI=1S/C13H9ClO2S/c14-10-6-8-12(9-7-10)16-13(17)15-11-4-2-1-3-5-11/h1-9H. The first-order valence-corrected chi connectivity index (χ1v) is 5.73. The van der Waals surface area contributed by atoms with Crippen LogP contribution in [-0.2, 0) is 0 Å². The molecule has 0 aliphatic heterocycles. The maximum atomic E-state index is 5.76. The zero-order valence-electron chi connectivity index (χ0n) is 8.80. The predicted octanol–water partition coefficient (Wildman–Crippen LogP) is 4.08. The quantitative estimate of drug-likeness (QED) is 0.762. The number of hydrogen-bond donors (Lipinski definition) is 0. The second-order valence-corrected chi connectivity index (χ2v) is 3.99. The van der Waals surface area contributed by atoms with Crippen LogP contribution in [0.1, 0.15) is 0 Å². The van der Waals surface area contributed by atoms with Crippen molar-refractivity contribution in [2.24, 2.45) is 0 Å². The molecule has 17 heavy (non-hydrogen) atoms. The summed E-state index contributed by atoms with van der Waals surface area (Å²) in [5, 5.41) is 0.700. The Kier molecular flexibility index (Phi) is 3.96. The van der Waals surface area contributed by atoms with E-state index in [1.54, 1.807) is 36.4 Å². The third-order valence-corrected chi connectivity index (χ3v) is 2.38. The third kappa shape index (κ3) is 3.73. The molecule has 2 rings (SSSR count). The van der Waals surface area contributed by atoms with Gasteiger partial charge >= 0.3 is 5.24 Å². The van der Waals surface area contributed by atoms with Crippen LogP contribution in [0, 0.1) is 0 Å². The van der Waals surface area contributed by atoms with E-state index in [-0.39, 0.29) is 5.24 Å². The minimum absolute atomic E-state index is 0.0542. The summed E-state index contributed by atoms with van der Waals surface area (Å²) in [5.74, 6) is 1.24. The van der Waals surface area contributed by atoms with Gasteiger partial charge in [0.05, 0.1) is 0 Å². The van der Waals surface area contributed by atoms with E-state index in [1.165, 1.54) is 0 Å². The first-order chi connectivity index (χ1) is 8.24. The van der Waals surface area contributed by atoms with Gasteiger partial charge in [-0.1, -0.05) is 29.8 Å². The number of rotatable bonds is 2. The Balaban J connectivity index is 1.96. The molecule has 0 unspecified atom stereocenters. The SMILES string of the molecule is S=C(Oc1ccccc1)Oc1ccc(Cl)cc1. The average molecular weight is 265 g/mol. The molecule has 0 saturated heterocycles. The Labute approximate surface area is 110 Å². The molecule has 0 atom stereocenters. The maximum Gasteiger partial charge on any atom is 0.363 e. The topological polar surface area (TPSA) is 18.5 Å². The number of para-hydroxylation sites is 1. The fraction of sp³-hybridized carbons (Fsp3) is 0. The zero-order chi connectivity index (χ0) is 12.1. The summed E-state index contributed by atoms with van der Waals surface area (Å²) >= 11 is 10.7. The molecule has 4 heteroatoms. The lowest BCUT2D eigenvalue weighted by Gasteiger charge is -2.07. The van der Waals surface area contributed by atoms with Crippen LogP contribution in [-0.4, -0.2) is 5.24 Å². The normalized spacial score (nSPS) is 9.71. The third-order valence-electron chi connectivity index (χ3n) is 1.96. The fourth-order valence-electron chi connectivity index (χ4n) is 1.20. The minimum atomic E-state index is 0.0542. The first kappa shape index (κ1) is 11.9. The molecule has 0 aliphatic rings. The van der Waals surface area contributed by atoms with Gasteiger partial charge < -0.3 is 9.47 Å². The number of thiocarbonyl (C=S) groups is 1. The van der Waals surface area contributed by atoms with Gasteiger partial charge in [-0.3, -0.25) is 0 Å². The second-order valence-electron chi connectivity index (χ2n) is 3.22. The Hall–Kier alpha value is -1.58. The highest BCUT2D eigenvalue weighted by Crippen LogP contribution is 2.17. The summed E-state index contributed by atoms with van der Waals surface area (Å²) in [5.41, 5.74) is 0. The summed E-state index contributed by atoms with van der Waals surface area (Å²) in [6, 6.07) is 16.1. The smallest absolute Gasteiger partial charge is 0.363 e. The lowest BCUT2D eigenvalue weighted by Crippen LogP contribution is -2.13. The van der Waals surface area contributed by atoms with Gasteiger partial charge in [-0.2, -0.15) is 0 Å². The van der Waals surface area contributed by atoms with Crippen LogP contribution in [0.15, 0.2) is 54.6 Å². The summed E-state index contributed by atoms with van der Waals surface area (Å²) in [6.45, 7) is 0. The average Bonchev–Trinajstić information content (AvgIpc) is 2.33. The van der Waals surface area contributed by atoms with Gasteiger partial charge in [-0.25, -0.2) is 0 Å². The predicted molar refractivity (Wildman–Crippen MR) is 71.7 cm³/mol. The van der Waals surface area contributed by atoms with Crippen molar-refractivity contribution in [3.63, 3.8) is 0 Å². The van der Waals surface area contributed by atoms with E-state index in [0.717, 1.165) is 0 Å². The minimum Gasteiger partial charge on any atom is -0.417 e. The molecule has 2 nitrogen and oxygen atoms in total. The van der Waals surface area contributed by atoms with E-state index in [1.807, 2.05) is 18.2 Å². The number of ether oxygens (including phenoxy) is 2. The van der Waals surface area contributed by atoms with Crippen molar-refractivity contribution in [2.45, 2.75) is 0 Å².